The number of anilines is 1. The molecule has 24 heavy (non-hydrogen) atoms. The van der Waals surface area contributed by atoms with E-state index in [4.69, 9.17) is 16.3 Å². The number of hydrogen-bond acceptors (Lipinski definition) is 6. The van der Waals surface area contributed by atoms with E-state index in [-0.39, 0.29) is 0 Å². The van der Waals surface area contributed by atoms with Gasteiger partial charge in [-0.25, -0.2) is 4.98 Å². The lowest BCUT2D eigenvalue weighted by Gasteiger charge is -2.10. The number of methoxy groups -OCH3 is 1. The van der Waals surface area contributed by atoms with Crippen molar-refractivity contribution in [2.75, 3.05) is 19.5 Å². The largest absolute Gasteiger partial charge is 0.497 e. The second-order valence-corrected chi connectivity index (χ2v) is 5.56. The van der Waals surface area contributed by atoms with Crippen molar-refractivity contribution >= 4 is 34.2 Å². The van der Waals surface area contributed by atoms with Crippen LogP contribution in [0.4, 0.5) is 5.95 Å². The maximum absolute atomic E-state index is 6.40. The van der Waals surface area contributed by atoms with Gasteiger partial charge in [0.05, 0.1) is 7.11 Å². The van der Waals surface area contributed by atoms with Gasteiger partial charge in [0.25, 0.3) is 0 Å². The fraction of sp³-hybridized carbons (Fsp3) is 0.125. The van der Waals surface area contributed by atoms with Crippen molar-refractivity contribution in [1.82, 2.24) is 24.6 Å². The summed E-state index contributed by atoms with van der Waals surface area (Å²) in [6.45, 7) is 0. The van der Waals surface area contributed by atoms with Gasteiger partial charge in [0.2, 0.25) is 5.95 Å². The Balaban J connectivity index is 2.07. The number of pyridine rings is 1. The third-order valence-corrected chi connectivity index (χ3v) is 4.13. The molecular weight excluding hydrogens is 328 g/mol. The molecule has 1 aromatic carbocycles. The number of halogens is 1. The van der Waals surface area contributed by atoms with Crippen molar-refractivity contribution in [1.29, 1.82) is 0 Å². The van der Waals surface area contributed by atoms with E-state index in [1.165, 1.54) is 0 Å². The molecule has 0 aliphatic carbocycles. The molecule has 8 heteroatoms. The highest BCUT2D eigenvalue weighted by Gasteiger charge is 2.15. The van der Waals surface area contributed by atoms with E-state index in [1.807, 2.05) is 22.6 Å². The molecule has 0 spiro atoms. The smallest absolute Gasteiger partial charge is 0.224 e. The van der Waals surface area contributed by atoms with E-state index in [9.17, 15) is 0 Å². The third-order valence-electron chi connectivity index (χ3n) is 3.80. The summed E-state index contributed by atoms with van der Waals surface area (Å²) in [5, 5.41) is 12.6. The van der Waals surface area contributed by atoms with Crippen LogP contribution in [0.1, 0.15) is 0 Å². The molecule has 0 bridgehead atoms. The predicted molar refractivity (Wildman–Crippen MR) is 92.6 cm³/mol. The molecule has 7 nitrogen and oxygen atoms in total. The average molecular weight is 341 g/mol. The molecule has 0 aliphatic rings. The van der Waals surface area contributed by atoms with Crippen molar-refractivity contribution in [3.05, 3.63) is 41.8 Å². The molecule has 4 rings (SSSR count). The maximum atomic E-state index is 6.40. The van der Waals surface area contributed by atoms with Crippen molar-refractivity contribution in [3.8, 4) is 16.9 Å². The van der Waals surface area contributed by atoms with Crippen LogP contribution in [0.15, 0.2) is 36.8 Å². The Morgan fingerprint density at radius 3 is 2.83 bits per heavy atom. The first kappa shape index (κ1) is 14.6. The second-order valence-electron chi connectivity index (χ2n) is 5.15. The standard InChI is InChI=1S/C16H13ClN6O/c1-18-16-19-7-9-5-12(11-6-10(24-2)3-4-13(11)17)15-22-20-8-23(15)14(9)21-16/h3-8H,1-2H3,(H,18,19,21). The van der Waals surface area contributed by atoms with Crippen LogP contribution >= 0.6 is 11.6 Å². The number of rotatable bonds is 3. The Morgan fingerprint density at radius 1 is 1.17 bits per heavy atom. The fourth-order valence-corrected chi connectivity index (χ4v) is 2.85. The van der Waals surface area contributed by atoms with Gasteiger partial charge in [-0.1, -0.05) is 11.6 Å². The minimum Gasteiger partial charge on any atom is -0.497 e. The second kappa shape index (κ2) is 5.61. The molecule has 4 aromatic rings. The molecule has 0 saturated heterocycles. The lowest BCUT2D eigenvalue weighted by atomic mass is 10.1. The van der Waals surface area contributed by atoms with Gasteiger partial charge in [0.1, 0.15) is 12.1 Å². The highest BCUT2D eigenvalue weighted by atomic mass is 35.5. The first-order chi connectivity index (χ1) is 11.7. The molecule has 0 saturated carbocycles. The molecule has 120 valence electrons. The molecule has 0 atom stereocenters. The van der Waals surface area contributed by atoms with Crippen molar-refractivity contribution in [2.45, 2.75) is 0 Å². The van der Waals surface area contributed by atoms with Gasteiger partial charge in [-0.3, -0.25) is 4.40 Å². The van der Waals surface area contributed by atoms with Crippen LogP contribution in [0.2, 0.25) is 5.02 Å². The number of nitrogens with one attached hydrogen (secondary N) is 1. The molecular formula is C16H13ClN6O. The molecule has 0 aliphatic heterocycles. The molecule has 3 aromatic heterocycles. The Kier molecular flexibility index (Phi) is 3.42. The molecule has 0 fully saturated rings. The first-order valence-corrected chi connectivity index (χ1v) is 7.60. The third kappa shape index (κ3) is 2.21. The summed E-state index contributed by atoms with van der Waals surface area (Å²) in [4.78, 5) is 8.76. The van der Waals surface area contributed by atoms with Crippen LogP contribution in [0.25, 0.3) is 27.8 Å². The van der Waals surface area contributed by atoms with Crippen LogP contribution in [-0.2, 0) is 0 Å². The summed E-state index contributed by atoms with van der Waals surface area (Å²) in [6.07, 6.45) is 3.38. The average Bonchev–Trinajstić information content (AvgIpc) is 3.11. The lowest BCUT2D eigenvalue weighted by molar-refractivity contribution is 0.415. The summed E-state index contributed by atoms with van der Waals surface area (Å²) in [5.41, 5.74) is 3.04. The zero-order valence-electron chi connectivity index (χ0n) is 13.0. The Morgan fingerprint density at radius 2 is 2.04 bits per heavy atom. The van der Waals surface area contributed by atoms with Crippen molar-refractivity contribution in [2.24, 2.45) is 0 Å². The van der Waals surface area contributed by atoms with Crippen molar-refractivity contribution in [3.63, 3.8) is 0 Å². The summed E-state index contributed by atoms with van der Waals surface area (Å²) in [7, 11) is 3.39. The predicted octanol–water partition coefficient (Wildman–Crippen LogP) is 3.04. The summed E-state index contributed by atoms with van der Waals surface area (Å²) in [6, 6.07) is 7.45. The van der Waals surface area contributed by atoms with Gasteiger partial charge in [-0.15, -0.1) is 10.2 Å². The fourth-order valence-electron chi connectivity index (χ4n) is 2.63. The molecule has 1 N–H and O–H groups in total. The molecule has 0 radical (unpaired) electrons. The monoisotopic (exact) mass is 340 g/mol. The first-order valence-electron chi connectivity index (χ1n) is 7.22. The topological polar surface area (TPSA) is 77.2 Å². The van der Waals surface area contributed by atoms with Crippen LogP contribution < -0.4 is 10.1 Å². The summed E-state index contributed by atoms with van der Waals surface area (Å²) >= 11 is 6.40. The zero-order valence-corrected chi connectivity index (χ0v) is 13.7. The highest BCUT2D eigenvalue weighted by molar-refractivity contribution is 6.33. The van der Waals surface area contributed by atoms with E-state index >= 15 is 0 Å². The van der Waals surface area contributed by atoms with Crippen LogP contribution in [0.5, 0.6) is 5.75 Å². The Hall–Kier alpha value is -2.93. The Labute approximate surface area is 142 Å². The highest BCUT2D eigenvalue weighted by Crippen LogP contribution is 2.35. The quantitative estimate of drug-likeness (QED) is 0.617. The normalized spacial score (nSPS) is 11.1. The van der Waals surface area contributed by atoms with Gasteiger partial charge >= 0.3 is 0 Å². The van der Waals surface area contributed by atoms with E-state index in [1.54, 1.807) is 32.7 Å². The van der Waals surface area contributed by atoms with Crippen LogP contribution in [0, 0.1) is 0 Å². The van der Waals surface area contributed by atoms with E-state index in [2.05, 4.69) is 25.5 Å². The number of hydrogen-bond donors (Lipinski definition) is 1. The lowest BCUT2D eigenvalue weighted by Crippen LogP contribution is -2.00. The number of ether oxygens (including phenoxy) is 1. The number of nitrogens with zero attached hydrogens (tertiary/aromatic N) is 5. The SMILES string of the molecule is CNc1ncc2cc(-c3cc(OC)ccc3Cl)c3nncn3c2n1. The minimum atomic E-state index is 0.532. The number of benzene rings is 1. The summed E-state index contributed by atoms with van der Waals surface area (Å²) in [5.74, 6) is 1.25. The van der Waals surface area contributed by atoms with Crippen LogP contribution in [-0.4, -0.2) is 38.7 Å². The van der Waals surface area contributed by atoms with Gasteiger partial charge < -0.3 is 10.1 Å². The van der Waals surface area contributed by atoms with Crippen molar-refractivity contribution < 1.29 is 4.74 Å². The van der Waals surface area contributed by atoms with Gasteiger partial charge in [0, 0.05) is 34.8 Å². The molecule has 0 amide bonds. The van der Waals surface area contributed by atoms with Gasteiger partial charge in [0.15, 0.2) is 11.3 Å². The zero-order chi connectivity index (χ0) is 16.7. The Bertz CT molecular complexity index is 1060. The van der Waals surface area contributed by atoms with Gasteiger partial charge in [-0.2, -0.15) is 4.98 Å². The van der Waals surface area contributed by atoms with E-state index in [0.717, 1.165) is 22.2 Å². The molecule has 3 heterocycles. The molecule has 0 unspecified atom stereocenters. The van der Waals surface area contributed by atoms with Crippen LogP contribution in [0.3, 0.4) is 0 Å². The minimum absolute atomic E-state index is 0.532. The van der Waals surface area contributed by atoms with E-state index in [0.29, 0.717) is 22.4 Å². The number of fused-ring (bicyclic) bond motifs is 3. The summed E-state index contributed by atoms with van der Waals surface area (Å²) < 4.78 is 7.13. The maximum Gasteiger partial charge on any atom is 0.224 e. The number of aromatic nitrogens is 5. The van der Waals surface area contributed by atoms with E-state index < -0.39 is 0 Å². The van der Waals surface area contributed by atoms with Gasteiger partial charge in [-0.05, 0) is 24.3 Å².